The normalized spacial score (nSPS) is 18.4. The highest BCUT2D eigenvalue weighted by molar-refractivity contribution is 6.76. The molecule has 1 rings (SSSR count). The van der Waals surface area contributed by atoms with Gasteiger partial charge in [0, 0.05) is 13.0 Å². The summed E-state index contributed by atoms with van der Waals surface area (Å²) < 4.78 is 3.39. The van der Waals surface area contributed by atoms with Gasteiger partial charge >= 0.3 is 0 Å². The van der Waals surface area contributed by atoms with Crippen LogP contribution in [0.1, 0.15) is 6.42 Å². The van der Waals surface area contributed by atoms with Crippen molar-refractivity contribution >= 4 is 40.7 Å². The first-order valence-electron chi connectivity index (χ1n) is 5.26. The zero-order valence-electron chi connectivity index (χ0n) is 8.90. The van der Waals surface area contributed by atoms with Crippen molar-refractivity contribution in [3.8, 4) is 0 Å². The van der Waals surface area contributed by atoms with Crippen LogP contribution in [-0.2, 0) is 9.53 Å². The molecular weight excluding hydrogens is 274 g/mol. The number of alkyl halides is 3. The van der Waals surface area contributed by atoms with Gasteiger partial charge in [-0.1, -0.05) is 34.8 Å². The van der Waals surface area contributed by atoms with E-state index in [-0.39, 0.29) is 0 Å². The van der Waals surface area contributed by atoms with Crippen molar-refractivity contribution in [3.05, 3.63) is 0 Å². The summed E-state index contributed by atoms with van der Waals surface area (Å²) in [6, 6.07) is 0. The number of ether oxygens (including phenoxy) is 1. The third-order valence-corrected chi connectivity index (χ3v) is 2.96. The number of carbonyl (C=O) groups is 1. The van der Waals surface area contributed by atoms with Gasteiger partial charge in [0.1, 0.15) is 13.1 Å². The lowest BCUT2D eigenvalue weighted by Crippen LogP contribution is -3.14. The largest absolute Gasteiger partial charge is 0.370 e. The standard InChI is InChI=1S/C9H15Cl3N2O2/c10-9(11,12)8(15)13-2-1-3-14-4-6-16-7-5-14/h1-7H2,(H,13,15)/p+1. The van der Waals surface area contributed by atoms with Crippen molar-refractivity contribution in [2.24, 2.45) is 0 Å². The molecule has 0 aromatic carbocycles. The molecule has 0 radical (unpaired) electrons. The second kappa shape index (κ2) is 6.87. The van der Waals surface area contributed by atoms with E-state index in [2.05, 4.69) is 5.32 Å². The fraction of sp³-hybridized carbons (Fsp3) is 0.889. The number of quaternary nitrogens is 1. The summed E-state index contributed by atoms with van der Waals surface area (Å²) in [5.74, 6) is -0.561. The van der Waals surface area contributed by atoms with Crippen LogP contribution in [0, 0.1) is 0 Å². The van der Waals surface area contributed by atoms with Gasteiger partial charge in [0.05, 0.1) is 19.8 Å². The number of hydrogen-bond acceptors (Lipinski definition) is 2. The molecule has 0 saturated carbocycles. The summed E-state index contributed by atoms with van der Waals surface area (Å²) in [5.41, 5.74) is 0. The van der Waals surface area contributed by atoms with E-state index in [0.717, 1.165) is 39.3 Å². The Hall–Kier alpha value is 0.260. The fourth-order valence-corrected chi connectivity index (χ4v) is 1.75. The predicted octanol–water partition coefficient (Wildman–Crippen LogP) is -0.222. The van der Waals surface area contributed by atoms with Crippen LogP contribution in [0.5, 0.6) is 0 Å². The monoisotopic (exact) mass is 289 g/mol. The maximum absolute atomic E-state index is 11.2. The van der Waals surface area contributed by atoms with Gasteiger partial charge in [0.25, 0.3) is 9.70 Å². The van der Waals surface area contributed by atoms with Gasteiger partial charge in [0.15, 0.2) is 0 Å². The van der Waals surface area contributed by atoms with Crippen LogP contribution >= 0.6 is 34.8 Å². The van der Waals surface area contributed by atoms with Crippen molar-refractivity contribution in [1.29, 1.82) is 0 Å². The Kier molecular flexibility index (Phi) is 6.15. The smallest absolute Gasteiger partial charge is 0.272 e. The molecule has 1 aliphatic heterocycles. The lowest BCUT2D eigenvalue weighted by atomic mass is 10.3. The van der Waals surface area contributed by atoms with Crippen LogP contribution in [0.2, 0.25) is 0 Å². The van der Waals surface area contributed by atoms with Crippen molar-refractivity contribution in [2.45, 2.75) is 10.2 Å². The minimum absolute atomic E-state index is 0.539. The number of carbonyl (C=O) groups excluding carboxylic acids is 1. The molecule has 4 nitrogen and oxygen atoms in total. The van der Waals surface area contributed by atoms with E-state index in [1.807, 2.05) is 0 Å². The second-order valence-corrected chi connectivity index (χ2v) is 6.00. The molecule has 1 heterocycles. The minimum atomic E-state index is -1.86. The Labute approximate surface area is 110 Å². The summed E-state index contributed by atoms with van der Waals surface area (Å²) in [6.45, 7) is 5.23. The summed E-state index contributed by atoms with van der Waals surface area (Å²) in [6.07, 6.45) is 0.877. The van der Waals surface area contributed by atoms with Crippen molar-refractivity contribution in [2.75, 3.05) is 39.4 Å². The molecule has 0 spiro atoms. The first-order valence-corrected chi connectivity index (χ1v) is 6.40. The molecule has 0 bridgehead atoms. The number of morpholine rings is 1. The molecule has 1 saturated heterocycles. The van der Waals surface area contributed by atoms with E-state index in [1.54, 1.807) is 0 Å². The number of halogens is 3. The molecule has 0 aromatic heterocycles. The van der Waals surface area contributed by atoms with Gasteiger partial charge in [-0.25, -0.2) is 0 Å². The number of rotatable bonds is 4. The Morgan fingerprint density at radius 1 is 1.31 bits per heavy atom. The van der Waals surface area contributed by atoms with Crippen molar-refractivity contribution in [1.82, 2.24) is 5.32 Å². The Balaban J connectivity index is 2.05. The van der Waals surface area contributed by atoms with Crippen LogP contribution in [0.3, 0.4) is 0 Å². The maximum atomic E-state index is 11.2. The lowest BCUT2D eigenvalue weighted by Gasteiger charge is -2.23. The van der Waals surface area contributed by atoms with Crippen molar-refractivity contribution in [3.63, 3.8) is 0 Å². The second-order valence-electron chi connectivity index (χ2n) is 3.72. The van der Waals surface area contributed by atoms with Crippen LogP contribution < -0.4 is 10.2 Å². The fourth-order valence-electron chi connectivity index (χ4n) is 1.55. The number of hydrogen-bond donors (Lipinski definition) is 2. The van der Waals surface area contributed by atoms with Crippen LogP contribution in [0.15, 0.2) is 0 Å². The van der Waals surface area contributed by atoms with Gasteiger partial charge in [0.2, 0.25) is 0 Å². The highest BCUT2D eigenvalue weighted by Crippen LogP contribution is 2.25. The van der Waals surface area contributed by atoms with E-state index in [9.17, 15) is 4.79 Å². The number of amides is 1. The summed E-state index contributed by atoms with van der Waals surface area (Å²) in [4.78, 5) is 12.7. The Bertz CT molecular complexity index is 227. The van der Waals surface area contributed by atoms with Crippen LogP contribution in [0.25, 0.3) is 0 Å². The van der Waals surface area contributed by atoms with E-state index in [1.165, 1.54) is 4.90 Å². The first kappa shape index (κ1) is 14.3. The van der Waals surface area contributed by atoms with E-state index in [4.69, 9.17) is 39.5 Å². The molecule has 0 aliphatic carbocycles. The molecule has 2 N–H and O–H groups in total. The Morgan fingerprint density at radius 2 is 1.94 bits per heavy atom. The third kappa shape index (κ3) is 5.55. The topological polar surface area (TPSA) is 42.8 Å². The zero-order valence-corrected chi connectivity index (χ0v) is 11.2. The van der Waals surface area contributed by atoms with Crippen LogP contribution in [-0.4, -0.2) is 49.1 Å². The maximum Gasteiger partial charge on any atom is 0.272 e. The van der Waals surface area contributed by atoms with E-state index >= 15 is 0 Å². The van der Waals surface area contributed by atoms with Gasteiger partial charge in [-0.3, -0.25) is 4.79 Å². The third-order valence-electron chi connectivity index (χ3n) is 2.45. The SMILES string of the molecule is O=C(NCCC[NH+]1CCOCC1)C(Cl)(Cl)Cl. The molecule has 1 fully saturated rings. The average Bonchev–Trinajstić information content (AvgIpc) is 2.24. The molecule has 0 atom stereocenters. The van der Waals surface area contributed by atoms with Gasteiger partial charge in [-0.15, -0.1) is 0 Å². The predicted molar refractivity (Wildman–Crippen MR) is 64.3 cm³/mol. The molecule has 0 aromatic rings. The first-order chi connectivity index (χ1) is 7.50. The lowest BCUT2D eigenvalue weighted by molar-refractivity contribution is -0.908. The minimum Gasteiger partial charge on any atom is -0.370 e. The van der Waals surface area contributed by atoms with E-state index < -0.39 is 9.70 Å². The number of nitrogens with one attached hydrogen (secondary N) is 2. The summed E-state index contributed by atoms with van der Waals surface area (Å²) in [7, 11) is 0. The molecule has 7 heteroatoms. The highest BCUT2D eigenvalue weighted by Gasteiger charge is 2.29. The Morgan fingerprint density at radius 3 is 2.50 bits per heavy atom. The van der Waals surface area contributed by atoms with Crippen molar-refractivity contribution < 1.29 is 14.4 Å². The van der Waals surface area contributed by atoms with E-state index in [0.29, 0.717) is 6.54 Å². The van der Waals surface area contributed by atoms with Crippen LogP contribution in [0.4, 0.5) is 0 Å². The molecule has 0 unspecified atom stereocenters. The van der Waals surface area contributed by atoms with Gasteiger partial charge in [-0.2, -0.15) is 0 Å². The molecule has 1 amide bonds. The average molecular weight is 291 g/mol. The summed E-state index contributed by atoms with van der Waals surface area (Å²) in [5, 5.41) is 2.58. The highest BCUT2D eigenvalue weighted by atomic mass is 35.6. The summed E-state index contributed by atoms with van der Waals surface area (Å²) >= 11 is 16.2. The molecule has 1 aliphatic rings. The quantitative estimate of drug-likeness (QED) is 0.555. The zero-order chi connectivity index (χ0) is 12.0. The molecule has 16 heavy (non-hydrogen) atoms. The molecular formula is C9H16Cl3N2O2+. The van der Waals surface area contributed by atoms with Gasteiger partial charge in [-0.05, 0) is 0 Å². The molecule has 94 valence electrons. The van der Waals surface area contributed by atoms with Gasteiger partial charge < -0.3 is 15.0 Å².